The van der Waals surface area contributed by atoms with Gasteiger partial charge in [0, 0.05) is 57.6 Å². The van der Waals surface area contributed by atoms with Crippen LogP contribution in [0.5, 0.6) is 0 Å². The van der Waals surface area contributed by atoms with E-state index >= 15 is 0 Å². The van der Waals surface area contributed by atoms with Gasteiger partial charge in [0.1, 0.15) is 0 Å². The zero-order chi connectivity index (χ0) is 14.5. The molecule has 0 bridgehead atoms. The summed E-state index contributed by atoms with van der Waals surface area (Å²) in [6, 6.07) is 9.39. The predicted octanol–water partition coefficient (Wildman–Crippen LogP) is 1.62. The van der Waals surface area contributed by atoms with Crippen molar-refractivity contribution in [1.29, 1.82) is 0 Å². The maximum Gasteiger partial charge on any atom is 0.0449 e. The van der Waals surface area contributed by atoms with Gasteiger partial charge in [-0.05, 0) is 37.0 Å². The molecule has 0 aliphatic carbocycles. The summed E-state index contributed by atoms with van der Waals surface area (Å²) >= 11 is 0. The number of hydrogen-bond acceptors (Lipinski definition) is 4. The quantitative estimate of drug-likeness (QED) is 0.864. The van der Waals surface area contributed by atoms with Crippen molar-refractivity contribution in [3.63, 3.8) is 0 Å². The van der Waals surface area contributed by atoms with Gasteiger partial charge < -0.3 is 15.3 Å². The van der Waals surface area contributed by atoms with E-state index in [9.17, 15) is 5.11 Å². The number of aliphatic hydroxyl groups is 1. The molecule has 0 saturated carbocycles. The molecule has 21 heavy (non-hydrogen) atoms. The van der Waals surface area contributed by atoms with Crippen LogP contribution in [0, 0.1) is 0 Å². The number of hydrogen-bond donors (Lipinski definition) is 2. The summed E-state index contributed by atoms with van der Waals surface area (Å²) < 4.78 is 0. The lowest BCUT2D eigenvalue weighted by Crippen LogP contribution is -2.45. The Kier molecular flexibility index (Phi) is 5.12. The van der Waals surface area contributed by atoms with Crippen LogP contribution >= 0.6 is 0 Å². The lowest BCUT2D eigenvalue weighted by Gasteiger charge is -2.35. The summed E-state index contributed by atoms with van der Waals surface area (Å²) in [6.07, 6.45) is 3.45. The number of nitrogens with zero attached hydrogens (tertiary/aromatic N) is 2. The maximum atomic E-state index is 9.41. The smallest absolute Gasteiger partial charge is 0.0449 e. The average Bonchev–Trinajstić information content (AvgIpc) is 3.08. The van der Waals surface area contributed by atoms with Gasteiger partial charge >= 0.3 is 0 Å². The molecule has 2 aliphatic heterocycles. The number of nitrogens with one attached hydrogen (secondary N) is 1. The van der Waals surface area contributed by atoms with Crippen molar-refractivity contribution in [2.45, 2.75) is 25.3 Å². The third-order valence-corrected chi connectivity index (χ3v) is 4.74. The van der Waals surface area contributed by atoms with E-state index in [-0.39, 0.29) is 6.61 Å². The highest BCUT2D eigenvalue weighted by atomic mass is 16.3. The summed E-state index contributed by atoms with van der Waals surface area (Å²) in [7, 11) is 0. The Bertz CT molecular complexity index is 422. The first-order valence-corrected chi connectivity index (χ1v) is 8.29. The first-order chi connectivity index (χ1) is 10.4. The largest absolute Gasteiger partial charge is 0.396 e. The van der Waals surface area contributed by atoms with Crippen molar-refractivity contribution >= 4 is 5.69 Å². The first-order valence-electron chi connectivity index (χ1n) is 8.29. The molecule has 2 heterocycles. The van der Waals surface area contributed by atoms with Gasteiger partial charge in [0.15, 0.2) is 0 Å². The van der Waals surface area contributed by atoms with E-state index in [0.717, 1.165) is 32.6 Å². The molecule has 0 spiro atoms. The normalized spacial score (nSPS) is 21.7. The van der Waals surface area contributed by atoms with Crippen molar-refractivity contribution in [1.82, 2.24) is 10.2 Å². The Morgan fingerprint density at radius 2 is 1.67 bits per heavy atom. The van der Waals surface area contributed by atoms with Crippen LogP contribution < -0.4 is 10.2 Å². The minimum atomic E-state index is 0.252. The molecular formula is C17H27N3O. The van der Waals surface area contributed by atoms with Gasteiger partial charge in [-0.3, -0.25) is 4.90 Å². The highest BCUT2D eigenvalue weighted by Crippen LogP contribution is 2.27. The van der Waals surface area contributed by atoms with Gasteiger partial charge in [0.25, 0.3) is 0 Å². The molecule has 3 rings (SSSR count). The van der Waals surface area contributed by atoms with Crippen LogP contribution in [0.15, 0.2) is 24.3 Å². The van der Waals surface area contributed by atoms with Gasteiger partial charge in [-0.25, -0.2) is 0 Å². The Balaban J connectivity index is 1.72. The number of aliphatic hydroxyl groups excluding tert-OH is 1. The maximum absolute atomic E-state index is 9.41. The molecule has 1 aromatic rings. The van der Waals surface area contributed by atoms with Crippen LogP contribution in [0.4, 0.5) is 5.69 Å². The lowest BCUT2D eigenvalue weighted by atomic mass is 10.0. The molecule has 0 radical (unpaired) electrons. The molecule has 1 aromatic carbocycles. The number of benzene rings is 1. The van der Waals surface area contributed by atoms with Crippen molar-refractivity contribution in [3.05, 3.63) is 29.8 Å². The number of anilines is 1. The summed E-state index contributed by atoms with van der Waals surface area (Å²) in [5, 5.41) is 12.8. The van der Waals surface area contributed by atoms with Crippen molar-refractivity contribution in [2.24, 2.45) is 0 Å². The highest BCUT2D eigenvalue weighted by Gasteiger charge is 2.22. The van der Waals surface area contributed by atoms with Gasteiger partial charge in [0.05, 0.1) is 0 Å². The standard InChI is InChI=1S/C17H27N3O/c21-14-7-17(20-12-8-18-9-13-20)15-3-5-16(6-4-15)19-10-1-2-11-19/h3-6,17-18,21H,1-2,7-14H2/t17-/m0/s1. The average molecular weight is 289 g/mol. The van der Waals surface area contributed by atoms with E-state index in [1.165, 1.54) is 37.2 Å². The van der Waals surface area contributed by atoms with Crippen molar-refractivity contribution in [3.8, 4) is 0 Å². The molecule has 2 fully saturated rings. The second kappa shape index (κ2) is 7.25. The van der Waals surface area contributed by atoms with Crippen LogP contribution in [0.3, 0.4) is 0 Å². The third-order valence-electron chi connectivity index (χ3n) is 4.74. The molecule has 1 atom stereocenters. The monoisotopic (exact) mass is 289 g/mol. The fraction of sp³-hybridized carbons (Fsp3) is 0.647. The van der Waals surface area contributed by atoms with E-state index in [2.05, 4.69) is 39.4 Å². The molecule has 2 aliphatic rings. The fourth-order valence-electron chi connectivity index (χ4n) is 3.56. The van der Waals surface area contributed by atoms with Crippen LogP contribution in [-0.4, -0.2) is 55.9 Å². The van der Waals surface area contributed by atoms with E-state index < -0.39 is 0 Å². The molecule has 0 unspecified atom stereocenters. The SMILES string of the molecule is OCC[C@@H](c1ccc(N2CCCC2)cc1)N1CCNCC1. The Hall–Kier alpha value is -1.10. The molecule has 4 nitrogen and oxygen atoms in total. The first kappa shape index (κ1) is 14.8. The Labute approximate surface area is 127 Å². The minimum absolute atomic E-state index is 0.252. The number of piperazine rings is 1. The van der Waals surface area contributed by atoms with Crippen LogP contribution in [0.1, 0.15) is 30.9 Å². The predicted molar refractivity (Wildman–Crippen MR) is 86.8 cm³/mol. The lowest BCUT2D eigenvalue weighted by molar-refractivity contribution is 0.141. The van der Waals surface area contributed by atoms with Gasteiger partial charge in [-0.2, -0.15) is 0 Å². The minimum Gasteiger partial charge on any atom is -0.396 e. The fourth-order valence-corrected chi connectivity index (χ4v) is 3.56. The molecule has 2 N–H and O–H groups in total. The highest BCUT2D eigenvalue weighted by molar-refractivity contribution is 5.48. The molecule has 116 valence electrons. The van der Waals surface area contributed by atoms with Crippen LogP contribution in [0.25, 0.3) is 0 Å². The topological polar surface area (TPSA) is 38.7 Å². The third kappa shape index (κ3) is 3.57. The van der Waals surface area contributed by atoms with E-state index in [1.54, 1.807) is 0 Å². The van der Waals surface area contributed by atoms with E-state index in [0.29, 0.717) is 6.04 Å². The zero-order valence-electron chi connectivity index (χ0n) is 12.8. The molecular weight excluding hydrogens is 262 g/mol. The van der Waals surface area contributed by atoms with Gasteiger partial charge in [-0.1, -0.05) is 12.1 Å². The second-order valence-electron chi connectivity index (χ2n) is 6.10. The van der Waals surface area contributed by atoms with Gasteiger partial charge in [-0.15, -0.1) is 0 Å². The summed E-state index contributed by atoms with van der Waals surface area (Å²) in [6.45, 7) is 6.87. The van der Waals surface area contributed by atoms with Crippen molar-refractivity contribution in [2.75, 3.05) is 50.8 Å². The Morgan fingerprint density at radius 1 is 1.00 bits per heavy atom. The van der Waals surface area contributed by atoms with Crippen LogP contribution in [0.2, 0.25) is 0 Å². The second-order valence-corrected chi connectivity index (χ2v) is 6.10. The van der Waals surface area contributed by atoms with Gasteiger partial charge in [0.2, 0.25) is 0 Å². The summed E-state index contributed by atoms with van der Waals surface area (Å²) in [5.41, 5.74) is 2.69. The van der Waals surface area contributed by atoms with E-state index in [1.807, 2.05) is 0 Å². The summed E-state index contributed by atoms with van der Waals surface area (Å²) in [4.78, 5) is 4.97. The zero-order valence-corrected chi connectivity index (χ0v) is 12.8. The van der Waals surface area contributed by atoms with Crippen molar-refractivity contribution < 1.29 is 5.11 Å². The molecule has 2 saturated heterocycles. The molecule has 0 aromatic heterocycles. The summed E-state index contributed by atoms with van der Waals surface area (Å²) in [5.74, 6) is 0. The van der Waals surface area contributed by atoms with Crippen LogP contribution in [-0.2, 0) is 0 Å². The van der Waals surface area contributed by atoms with E-state index in [4.69, 9.17) is 0 Å². The Morgan fingerprint density at radius 3 is 2.29 bits per heavy atom. The number of rotatable bonds is 5. The molecule has 4 heteroatoms. The molecule has 0 amide bonds.